The van der Waals surface area contributed by atoms with Gasteiger partial charge in [0, 0.05) is 26.2 Å². The number of benzene rings is 4. The molecule has 2 N–H and O–H groups in total. The van der Waals surface area contributed by atoms with Gasteiger partial charge in [-0.1, -0.05) is 24.3 Å². The molecule has 0 bridgehead atoms. The second kappa shape index (κ2) is 13.5. The Hall–Kier alpha value is -5.14. The van der Waals surface area contributed by atoms with Crippen LogP contribution in [-0.4, -0.2) is 61.8 Å². The predicted octanol–water partition coefficient (Wildman–Crippen LogP) is 5.62. The molecule has 0 spiro atoms. The number of aryl methyl sites for hydroxylation is 2. The number of amides is 1. The highest BCUT2D eigenvalue weighted by atomic mass is 79.9. The molecule has 1 amide bonds. The van der Waals surface area contributed by atoms with Gasteiger partial charge >= 0.3 is 5.69 Å². The van der Waals surface area contributed by atoms with Crippen LogP contribution < -0.4 is 16.0 Å². The van der Waals surface area contributed by atoms with Gasteiger partial charge in [-0.15, -0.1) is 0 Å². The molecule has 4 aromatic carbocycles. The van der Waals surface area contributed by atoms with Gasteiger partial charge in [0.15, 0.2) is 0 Å². The maximum atomic E-state index is 13.7. The fourth-order valence-corrected chi connectivity index (χ4v) is 6.19. The minimum absolute atomic E-state index is 0.0704. The van der Waals surface area contributed by atoms with E-state index in [9.17, 15) is 28.3 Å². The molecule has 0 unspecified atom stereocenters. The third-order valence-corrected chi connectivity index (χ3v) is 8.83. The molecule has 2 heterocycles. The Morgan fingerprint density at radius 1 is 0.875 bits per heavy atom. The number of hydrogen-bond acceptors (Lipinski definition) is 7. The van der Waals surface area contributed by atoms with E-state index in [-0.39, 0.29) is 36.5 Å². The Bertz CT molecular complexity index is 2040. The molecule has 6 rings (SSSR count). The van der Waals surface area contributed by atoms with Crippen LogP contribution in [0.1, 0.15) is 38.8 Å². The van der Waals surface area contributed by atoms with Crippen molar-refractivity contribution in [2.45, 2.75) is 19.9 Å². The summed E-state index contributed by atoms with van der Waals surface area (Å²) < 4.78 is 34.9. The molecule has 0 saturated carbocycles. The van der Waals surface area contributed by atoms with Gasteiger partial charge in [0.05, 0.1) is 16.2 Å². The number of H-pyrrole nitrogens is 1. The minimum Gasteiger partial charge on any atom is -0.507 e. The summed E-state index contributed by atoms with van der Waals surface area (Å²) in [6.45, 7) is 4.87. The molecular weight excluding hydrogens is 688 g/mol. The zero-order valence-corrected chi connectivity index (χ0v) is 27.5. The highest BCUT2D eigenvalue weighted by Crippen LogP contribution is 2.35. The van der Waals surface area contributed by atoms with E-state index >= 15 is 0 Å². The number of carbonyl (C=O) groups is 1. The van der Waals surface area contributed by atoms with Gasteiger partial charge in [0.25, 0.3) is 11.5 Å². The van der Waals surface area contributed by atoms with Crippen molar-refractivity contribution in [1.82, 2.24) is 24.6 Å². The Balaban J connectivity index is 1.23. The number of piperazine rings is 1. The number of aromatic amines is 1. The molecule has 1 aliphatic heterocycles. The summed E-state index contributed by atoms with van der Waals surface area (Å²) in [7, 11) is 0. The summed E-state index contributed by atoms with van der Waals surface area (Å²) in [6.07, 6.45) is 0. The molecule has 48 heavy (non-hydrogen) atoms. The molecule has 0 radical (unpaired) electrons. The van der Waals surface area contributed by atoms with Gasteiger partial charge in [-0.25, -0.2) is 13.6 Å². The number of nitrogens with one attached hydrogen (secondary N) is 1. The normalized spacial score (nSPS) is 13.6. The highest BCUT2D eigenvalue weighted by molar-refractivity contribution is 9.10. The van der Waals surface area contributed by atoms with Crippen LogP contribution in [0, 0.1) is 25.5 Å². The first kappa shape index (κ1) is 32.8. The molecule has 10 nitrogen and oxygen atoms in total. The number of hydrogen-bond donors (Lipinski definition) is 2. The van der Waals surface area contributed by atoms with E-state index in [4.69, 9.17) is 4.74 Å². The van der Waals surface area contributed by atoms with Crippen molar-refractivity contribution in [3.05, 3.63) is 144 Å². The number of rotatable bonds is 7. The van der Waals surface area contributed by atoms with Crippen LogP contribution in [0.5, 0.6) is 17.2 Å². The maximum Gasteiger partial charge on any atom is 0.349 e. The van der Waals surface area contributed by atoms with Crippen LogP contribution in [0.25, 0.3) is 5.69 Å². The van der Waals surface area contributed by atoms with Gasteiger partial charge < -0.3 is 14.7 Å². The van der Waals surface area contributed by atoms with Crippen LogP contribution >= 0.6 is 15.9 Å². The van der Waals surface area contributed by atoms with E-state index in [1.165, 1.54) is 35.2 Å². The number of phenols is 1. The third kappa shape index (κ3) is 6.78. The zero-order valence-electron chi connectivity index (χ0n) is 25.9. The average Bonchev–Trinajstić information content (AvgIpc) is 3.06. The molecule has 1 fully saturated rings. The smallest absolute Gasteiger partial charge is 0.349 e. The summed E-state index contributed by atoms with van der Waals surface area (Å²) in [5.41, 5.74) is 1.14. The van der Waals surface area contributed by atoms with Crippen LogP contribution in [0.15, 0.2) is 92.9 Å². The Labute approximate surface area is 282 Å². The van der Waals surface area contributed by atoms with E-state index in [1.807, 2.05) is 0 Å². The predicted molar refractivity (Wildman–Crippen MR) is 178 cm³/mol. The second-order valence-electron chi connectivity index (χ2n) is 11.5. The fraction of sp³-hybridized carbons (Fsp3) is 0.200. The van der Waals surface area contributed by atoms with E-state index in [0.717, 1.165) is 15.8 Å². The molecule has 1 aromatic heterocycles. The average molecular weight is 719 g/mol. The Morgan fingerprint density at radius 3 is 1.98 bits per heavy atom. The molecular formula is C35H30BrF2N5O5. The van der Waals surface area contributed by atoms with E-state index in [0.29, 0.717) is 45.9 Å². The van der Waals surface area contributed by atoms with Crippen molar-refractivity contribution < 1.29 is 23.4 Å². The van der Waals surface area contributed by atoms with Gasteiger partial charge in [-0.3, -0.25) is 19.5 Å². The lowest BCUT2D eigenvalue weighted by Crippen LogP contribution is -2.51. The first-order valence-electron chi connectivity index (χ1n) is 15.0. The topological polar surface area (TPSA) is 121 Å². The number of nitrogens with zero attached hydrogens (tertiary/aromatic N) is 4. The Kier molecular flexibility index (Phi) is 9.24. The van der Waals surface area contributed by atoms with Crippen molar-refractivity contribution in [2.75, 3.05) is 26.2 Å². The lowest BCUT2D eigenvalue weighted by Gasteiger charge is -2.39. The summed E-state index contributed by atoms with van der Waals surface area (Å²) >= 11 is 3.27. The monoisotopic (exact) mass is 717 g/mol. The fourth-order valence-electron chi connectivity index (χ4n) is 5.83. The van der Waals surface area contributed by atoms with Gasteiger partial charge in [-0.05, 0) is 107 Å². The summed E-state index contributed by atoms with van der Waals surface area (Å²) in [5.74, 6) is -0.293. The summed E-state index contributed by atoms with van der Waals surface area (Å²) in [5, 5.41) is 14.0. The molecule has 1 aliphatic rings. The first-order valence-corrected chi connectivity index (χ1v) is 15.8. The largest absolute Gasteiger partial charge is 0.507 e. The quantitative estimate of drug-likeness (QED) is 0.224. The van der Waals surface area contributed by atoms with Crippen LogP contribution in [0.2, 0.25) is 0 Å². The van der Waals surface area contributed by atoms with Crippen molar-refractivity contribution in [3.63, 3.8) is 0 Å². The van der Waals surface area contributed by atoms with Crippen LogP contribution in [0.4, 0.5) is 8.78 Å². The van der Waals surface area contributed by atoms with Gasteiger partial charge in [-0.2, -0.15) is 9.78 Å². The summed E-state index contributed by atoms with van der Waals surface area (Å²) in [4.78, 5) is 45.2. The van der Waals surface area contributed by atoms with Crippen LogP contribution in [0.3, 0.4) is 0 Å². The van der Waals surface area contributed by atoms with E-state index < -0.39 is 22.9 Å². The number of aromatic nitrogens is 3. The van der Waals surface area contributed by atoms with Crippen LogP contribution in [-0.2, 0) is 0 Å². The maximum absolute atomic E-state index is 13.7. The third-order valence-electron chi connectivity index (χ3n) is 8.20. The number of ether oxygens (including phenoxy) is 1. The molecule has 0 atom stereocenters. The Morgan fingerprint density at radius 2 is 1.44 bits per heavy atom. The SMILES string of the molecule is Cc1cc(-n2nc(C(=O)N3CCN(C(c4ccc(F)cc4)c4ccc(F)cc4)CC3)c(=O)[nH]c2=O)cc(C)c1Oc1ccc(O)c(Br)c1. The van der Waals surface area contributed by atoms with Gasteiger partial charge in [0.1, 0.15) is 28.9 Å². The first-order chi connectivity index (χ1) is 23.0. The highest BCUT2D eigenvalue weighted by Gasteiger charge is 2.31. The molecule has 13 heteroatoms. The molecule has 1 saturated heterocycles. The lowest BCUT2D eigenvalue weighted by atomic mass is 9.96. The standard InChI is InChI=1S/C35H30BrF2N5O5/c1-20-17-26(18-21(2)32(20)48-27-11-12-29(44)28(36)19-27)43-35(47)39-33(45)30(40-43)34(46)42-15-13-41(14-16-42)31(22-3-7-24(37)8-4-22)23-5-9-25(38)10-6-23/h3-12,17-19,31,44H,13-16H2,1-2H3,(H,39,45,47). The van der Waals surface area contributed by atoms with Crippen molar-refractivity contribution in [1.29, 1.82) is 0 Å². The zero-order chi connectivity index (χ0) is 34.1. The number of halogens is 3. The number of aromatic hydroxyl groups is 1. The molecule has 5 aromatic rings. The van der Waals surface area contributed by atoms with Crippen molar-refractivity contribution in [2.24, 2.45) is 0 Å². The van der Waals surface area contributed by atoms with Gasteiger partial charge in [0.2, 0.25) is 5.69 Å². The minimum atomic E-state index is -0.898. The lowest BCUT2D eigenvalue weighted by molar-refractivity contribution is 0.0587. The van der Waals surface area contributed by atoms with E-state index in [2.05, 4.69) is 30.9 Å². The number of phenolic OH excluding ortho intramolecular Hbond substituents is 1. The molecule has 246 valence electrons. The van der Waals surface area contributed by atoms with Crippen molar-refractivity contribution >= 4 is 21.8 Å². The second-order valence-corrected chi connectivity index (χ2v) is 12.3. The summed E-state index contributed by atoms with van der Waals surface area (Å²) in [6, 6.07) is 19.9. The van der Waals surface area contributed by atoms with E-state index in [1.54, 1.807) is 62.4 Å². The molecule has 0 aliphatic carbocycles. The number of carbonyl (C=O) groups excluding carboxylic acids is 1. The van der Waals surface area contributed by atoms with Crippen molar-refractivity contribution in [3.8, 4) is 22.9 Å².